The summed E-state index contributed by atoms with van der Waals surface area (Å²) in [6.45, 7) is 6.73. The smallest absolute Gasteiger partial charge is 0.251 e. The number of nitrogens with one attached hydrogen (secondary N) is 3. The van der Waals surface area contributed by atoms with E-state index in [2.05, 4.69) is 16.0 Å². The highest BCUT2D eigenvalue weighted by Crippen LogP contribution is 2.20. The van der Waals surface area contributed by atoms with Crippen molar-refractivity contribution in [2.75, 3.05) is 24.1 Å². The number of carbonyl (C=O) groups is 2. The first-order valence-electron chi connectivity index (χ1n) is 7.15. The van der Waals surface area contributed by atoms with Gasteiger partial charge in [-0.15, -0.1) is 0 Å². The van der Waals surface area contributed by atoms with Gasteiger partial charge in [-0.3, -0.25) is 9.59 Å². The topological polar surface area (TPSA) is 96.2 Å². The Labute approximate surface area is 125 Å². The third-order valence-electron chi connectivity index (χ3n) is 2.77. The van der Waals surface area contributed by atoms with Crippen molar-refractivity contribution < 1.29 is 9.59 Å². The second kappa shape index (κ2) is 8.14. The van der Waals surface area contributed by atoms with Crippen LogP contribution in [0.25, 0.3) is 0 Å². The van der Waals surface area contributed by atoms with Crippen molar-refractivity contribution in [3.05, 3.63) is 23.8 Å². The van der Waals surface area contributed by atoms with Crippen molar-refractivity contribution in [2.45, 2.75) is 33.2 Å². The first-order chi connectivity index (χ1) is 9.93. The van der Waals surface area contributed by atoms with Crippen LogP contribution in [0.5, 0.6) is 0 Å². The van der Waals surface area contributed by atoms with Gasteiger partial charge in [0.05, 0.1) is 11.4 Å². The monoisotopic (exact) mass is 292 g/mol. The molecule has 0 radical (unpaired) electrons. The maximum Gasteiger partial charge on any atom is 0.251 e. The van der Waals surface area contributed by atoms with E-state index in [4.69, 9.17) is 5.73 Å². The van der Waals surface area contributed by atoms with Crippen LogP contribution in [0.4, 0.5) is 11.4 Å². The number of carbonyl (C=O) groups excluding carboxylic acids is 2. The van der Waals surface area contributed by atoms with Gasteiger partial charge in [0.2, 0.25) is 5.91 Å². The van der Waals surface area contributed by atoms with E-state index in [1.54, 1.807) is 18.2 Å². The molecule has 0 bridgehead atoms. The lowest BCUT2D eigenvalue weighted by molar-refractivity contribution is -0.121. The molecule has 5 N–H and O–H groups in total. The Morgan fingerprint density at radius 3 is 2.62 bits per heavy atom. The summed E-state index contributed by atoms with van der Waals surface area (Å²) < 4.78 is 0. The molecule has 0 unspecified atom stereocenters. The van der Waals surface area contributed by atoms with Crippen molar-refractivity contribution in [1.82, 2.24) is 10.6 Å². The van der Waals surface area contributed by atoms with Gasteiger partial charge >= 0.3 is 0 Å². The number of nitrogens with two attached hydrogens (primary N) is 1. The highest BCUT2D eigenvalue weighted by molar-refractivity contribution is 5.96. The molecule has 0 spiro atoms. The number of nitrogen functional groups attached to an aromatic ring is 1. The Morgan fingerprint density at radius 2 is 2.00 bits per heavy atom. The molecule has 6 heteroatoms. The summed E-state index contributed by atoms with van der Waals surface area (Å²) in [7, 11) is 0. The van der Waals surface area contributed by atoms with Crippen molar-refractivity contribution in [1.29, 1.82) is 0 Å². The molecule has 0 aliphatic rings. The van der Waals surface area contributed by atoms with Gasteiger partial charge in [-0.05, 0) is 39.0 Å². The van der Waals surface area contributed by atoms with E-state index in [9.17, 15) is 9.59 Å². The number of amides is 2. The number of benzene rings is 1. The van der Waals surface area contributed by atoms with Gasteiger partial charge in [-0.25, -0.2) is 0 Å². The quantitative estimate of drug-likeness (QED) is 0.570. The molecule has 6 nitrogen and oxygen atoms in total. The van der Waals surface area contributed by atoms with E-state index in [0.717, 1.165) is 0 Å². The Kier molecular flexibility index (Phi) is 6.52. The van der Waals surface area contributed by atoms with Crippen molar-refractivity contribution >= 4 is 23.2 Å². The summed E-state index contributed by atoms with van der Waals surface area (Å²) in [4.78, 5) is 23.3. The lowest BCUT2D eigenvalue weighted by Crippen LogP contribution is -2.31. The van der Waals surface area contributed by atoms with Gasteiger partial charge < -0.3 is 21.7 Å². The molecule has 2 amide bonds. The molecule has 1 rings (SSSR count). The second-order valence-electron chi connectivity index (χ2n) is 5.06. The third-order valence-corrected chi connectivity index (χ3v) is 2.77. The molecule has 0 aromatic heterocycles. The molecule has 0 fully saturated rings. The van der Waals surface area contributed by atoms with Crippen molar-refractivity contribution in [3.63, 3.8) is 0 Å². The van der Waals surface area contributed by atoms with E-state index >= 15 is 0 Å². The van der Waals surface area contributed by atoms with Gasteiger partial charge in [-0.2, -0.15) is 0 Å². The van der Waals surface area contributed by atoms with Crippen LogP contribution >= 0.6 is 0 Å². The van der Waals surface area contributed by atoms with Crippen LogP contribution in [-0.2, 0) is 4.79 Å². The number of anilines is 2. The Bertz CT molecular complexity index is 500. The number of hydrogen-bond donors (Lipinski definition) is 4. The van der Waals surface area contributed by atoms with E-state index in [0.29, 0.717) is 36.4 Å². The normalized spacial score (nSPS) is 10.3. The fraction of sp³-hybridized carbons (Fsp3) is 0.467. The van der Waals surface area contributed by atoms with E-state index in [1.165, 1.54) is 0 Å². The predicted octanol–water partition coefficient (Wildman–Crippen LogP) is 1.35. The zero-order chi connectivity index (χ0) is 15.8. The molecule has 1 aromatic rings. The largest absolute Gasteiger partial charge is 0.397 e. The zero-order valence-corrected chi connectivity index (χ0v) is 12.8. The first kappa shape index (κ1) is 16.8. The molecular weight excluding hydrogens is 268 g/mol. The van der Waals surface area contributed by atoms with Crippen LogP contribution in [0.3, 0.4) is 0 Å². The Morgan fingerprint density at radius 1 is 1.29 bits per heavy atom. The maximum absolute atomic E-state index is 11.8. The molecule has 0 aliphatic heterocycles. The molecule has 0 heterocycles. The van der Waals surface area contributed by atoms with Crippen molar-refractivity contribution in [3.8, 4) is 0 Å². The van der Waals surface area contributed by atoms with Crippen LogP contribution in [0, 0.1) is 0 Å². The van der Waals surface area contributed by atoms with Gasteiger partial charge in [0.15, 0.2) is 0 Å². The maximum atomic E-state index is 11.8. The van der Waals surface area contributed by atoms with Crippen LogP contribution in [0.1, 0.15) is 37.6 Å². The SMILES string of the molecule is CCNC(=O)c1ccc(N)c(NCCC(=O)NC(C)C)c1. The lowest BCUT2D eigenvalue weighted by atomic mass is 10.1. The van der Waals surface area contributed by atoms with Gasteiger partial charge in [0, 0.05) is 31.1 Å². The first-order valence-corrected chi connectivity index (χ1v) is 7.15. The van der Waals surface area contributed by atoms with Crippen molar-refractivity contribution in [2.24, 2.45) is 0 Å². The molecule has 0 saturated carbocycles. The minimum absolute atomic E-state index is 0.0176. The zero-order valence-electron chi connectivity index (χ0n) is 12.8. The summed E-state index contributed by atoms with van der Waals surface area (Å²) in [5.74, 6) is -0.158. The molecule has 21 heavy (non-hydrogen) atoms. The molecule has 116 valence electrons. The molecular formula is C15H24N4O2. The lowest BCUT2D eigenvalue weighted by Gasteiger charge is -2.12. The standard InChI is InChI=1S/C15H24N4O2/c1-4-17-15(21)11-5-6-12(16)13(9-11)18-8-7-14(20)19-10(2)3/h5-6,9-10,18H,4,7-8,16H2,1-3H3,(H,17,21)(H,19,20). The van der Waals surface area contributed by atoms with Crippen LogP contribution in [-0.4, -0.2) is 30.9 Å². The third kappa shape index (κ3) is 5.72. The summed E-state index contributed by atoms with van der Waals surface area (Å²) in [5, 5.41) is 8.64. The van der Waals surface area contributed by atoms with Gasteiger partial charge in [-0.1, -0.05) is 0 Å². The average molecular weight is 292 g/mol. The molecule has 0 saturated heterocycles. The molecule has 0 aliphatic carbocycles. The van der Waals surface area contributed by atoms with Crippen LogP contribution < -0.4 is 21.7 Å². The number of rotatable bonds is 7. The predicted molar refractivity (Wildman–Crippen MR) is 85.2 cm³/mol. The van der Waals surface area contributed by atoms with E-state index in [1.807, 2.05) is 20.8 Å². The summed E-state index contributed by atoms with van der Waals surface area (Å²) in [6.07, 6.45) is 0.350. The summed E-state index contributed by atoms with van der Waals surface area (Å²) in [5.41, 5.74) is 7.62. The van der Waals surface area contributed by atoms with Crippen LogP contribution in [0.15, 0.2) is 18.2 Å². The average Bonchev–Trinajstić information content (AvgIpc) is 2.40. The molecule has 1 aromatic carbocycles. The Balaban J connectivity index is 2.60. The highest BCUT2D eigenvalue weighted by Gasteiger charge is 2.08. The second-order valence-corrected chi connectivity index (χ2v) is 5.06. The highest BCUT2D eigenvalue weighted by atomic mass is 16.2. The Hall–Kier alpha value is -2.24. The summed E-state index contributed by atoms with van der Waals surface area (Å²) >= 11 is 0. The number of hydrogen-bond acceptors (Lipinski definition) is 4. The fourth-order valence-electron chi connectivity index (χ4n) is 1.82. The fourth-order valence-corrected chi connectivity index (χ4v) is 1.82. The summed E-state index contributed by atoms with van der Waals surface area (Å²) in [6, 6.07) is 5.18. The minimum atomic E-state index is -0.141. The molecule has 0 atom stereocenters. The minimum Gasteiger partial charge on any atom is -0.397 e. The van der Waals surface area contributed by atoms with Crippen LogP contribution in [0.2, 0.25) is 0 Å². The van der Waals surface area contributed by atoms with E-state index < -0.39 is 0 Å². The van der Waals surface area contributed by atoms with Gasteiger partial charge in [0.1, 0.15) is 0 Å². The van der Waals surface area contributed by atoms with E-state index in [-0.39, 0.29) is 17.9 Å². The van der Waals surface area contributed by atoms with Gasteiger partial charge in [0.25, 0.3) is 5.91 Å².